The molecule has 23 heavy (non-hydrogen) atoms. The number of rotatable bonds is 4. The quantitative estimate of drug-likeness (QED) is 0.727. The van der Waals surface area contributed by atoms with Crippen LogP contribution in [0, 0.1) is 6.92 Å². The Hall–Kier alpha value is -3.07. The van der Waals surface area contributed by atoms with E-state index < -0.39 is 5.97 Å². The van der Waals surface area contributed by atoms with E-state index in [1.165, 1.54) is 0 Å². The van der Waals surface area contributed by atoms with E-state index in [4.69, 9.17) is 4.42 Å². The fourth-order valence-corrected chi connectivity index (χ4v) is 2.54. The molecule has 3 rings (SSSR count). The molecule has 114 valence electrons. The molecule has 0 radical (unpaired) electrons. The van der Waals surface area contributed by atoms with E-state index in [0.717, 1.165) is 16.7 Å². The van der Waals surface area contributed by atoms with Gasteiger partial charge in [0.2, 0.25) is 5.76 Å². The van der Waals surface area contributed by atoms with Gasteiger partial charge in [-0.1, -0.05) is 72.8 Å². The summed E-state index contributed by atoms with van der Waals surface area (Å²) in [5.41, 5.74) is 3.28. The van der Waals surface area contributed by atoms with Crippen molar-refractivity contribution in [3.05, 3.63) is 83.3 Å². The maximum absolute atomic E-state index is 11.5. The summed E-state index contributed by atoms with van der Waals surface area (Å²) in [6.07, 6.45) is 3.86. The first kappa shape index (κ1) is 14.9. The monoisotopic (exact) mass is 304 g/mol. The maximum atomic E-state index is 11.5. The summed E-state index contributed by atoms with van der Waals surface area (Å²) < 4.78 is 5.50. The molecule has 3 nitrogen and oxygen atoms in total. The van der Waals surface area contributed by atoms with Crippen molar-refractivity contribution < 1.29 is 14.3 Å². The zero-order valence-electron chi connectivity index (χ0n) is 12.7. The number of aryl methyl sites for hydroxylation is 1. The molecule has 0 aliphatic heterocycles. The van der Waals surface area contributed by atoms with Gasteiger partial charge in [0.1, 0.15) is 5.76 Å². The van der Waals surface area contributed by atoms with Gasteiger partial charge in [-0.3, -0.25) is 0 Å². The summed E-state index contributed by atoms with van der Waals surface area (Å²) in [5, 5.41) is 9.43. The lowest BCUT2D eigenvalue weighted by Crippen LogP contribution is -1.96. The summed E-state index contributed by atoms with van der Waals surface area (Å²) in [7, 11) is 0. The van der Waals surface area contributed by atoms with E-state index in [9.17, 15) is 9.90 Å². The van der Waals surface area contributed by atoms with Crippen LogP contribution in [0.5, 0.6) is 0 Å². The molecule has 2 aromatic carbocycles. The van der Waals surface area contributed by atoms with Gasteiger partial charge in [0, 0.05) is 11.1 Å². The Balaban J connectivity index is 2.13. The van der Waals surface area contributed by atoms with Crippen molar-refractivity contribution in [3.8, 4) is 11.1 Å². The van der Waals surface area contributed by atoms with E-state index in [1.807, 2.05) is 72.8 Å². The minimum absolute atomic E-state index is 0.0265. The van der Waals surface area contributed by atoms with Gasteiger partial charge >= 0.3 is 5.97 Å². The molecular weight excluding hydrogens is 288 g/mol. The smallest absolute Gasteiger partial charge is 0.372 e. The van der Waals surface area contributed by atoms with E-state index >= 15 is 0 Å². The highest BCUT2D eigenvalue weighted by atomic mass is 16.4. The largest absolute Gasteiger partial charge is 0.475 e. The van der Waals surface area contributed by atoms with Crippen molar-refractivity contribution >= 4 is 18.1 Å². The SMILES string of the molecule is Cc1oc(C(=O)O)c(-c2ccccc2)c1C=Cc1ccccc1. The summed E-state index contributed by atoms with van der Waals surface area (Å²) in [5.74, 6) is -0.499. The summed E-state index contributed by atoms with van der Waals surface area (Å²) in [6, 6.07) is 19.3. The van der Waals surface area contributed by atoms with Gasteiger partial charge in [-0.2, -0.15) is 0 Å². The molecule has 0 amide bonds. The lowest BCUT2D eigenvalue weighted by Gasteiger charge is -2.02. The van der Waals surface area contributed by atoms with E-state index in [1.54, 1.807) is 6.92 Å². The van der Waals surface area contributed by atoms with Crippen LogP contribution in [0.25, 0.3) is 23.3 Å². The second-order valence-electron chi connectivity index (χ2n) is 5.19. The fraction of sp³-hybridized carbons (Fsp3) is 0.0500. The van der Waals surface area contributed by atoms with Gasteiger partial charge in [0.25, 0.3) is 0 Å². The van der Waals surface area contributed by atoms with Crippen molar-refractivity contribution in [2.75, 3.05) is 0 Å². The van der Waals surface area contributed by atoms with Crippen LogP contribution in [0.1, 0.15) is 27.4 Å². The number of hydrogen-bond acceptors (Lipinski definition) is 2. The van der Waals surface area contributed by atoms with E-state index in [0.29, 0.717) is 11.3 Å². The van der Waals surface area contributed by atoms with Crippen LogP contribution in [-0.4, -0.2) is 11.1 Å². The number of carboxylic acids is 1. The lowest BCUT2D eigenvalue weighted by atomic mass is 9.99. The van der Waals surface area contributed by atoms with Crippen LogP contribution in [-0.2, 0) is 0 Å². The molecule has 1 aromatic heterocycles. The highest BCUT2D eigenvalue weighted by Crippen LogP contribution is 2.34. The molecule has 0 aliphatic rings. The number of carbonyl (C=O) groups is 1. The zero-order chi connectivity index (χ0) is 16.2. The first-order chi connectivity index (χ1) is 11.2. The van der Waals surface area contributed by atoms with Gasteiger partial charge in [-0.15, -0.1) is 0 Å². The third kappa shape index (κ3) is 3.09. The maximum Gasteiger partial charge on any atom is 0.372 e. The molecule has 1 heterocycles. The molecule has 0 fully saturated rings. The fourth-order valence-electron chi connectivity index (χ4n) is 2.54. The van der Waals surface area contributed by atoms with Gasteiger partial charge in [-0.05, 0) is 18.1 Å². The number of benzene rings is 2. The van der Waals surface area contributed by atoms with Crippen LogP contribution in [0.15, 0.2) is 65.1 Å². The van der Waals surface area contributed by atoms with Crippen molar-refractivity contribution in [2.45, 2.75) is 6.92 Å². The average Bonchev–Trinajstić information content (AvgIpc) is 2.91. The van der Waals surface area contributed by atoms with Crippen LogP contribution in [0.2, 0.25) is 0 Å². The van der Waals surface area contributed by atoms with Crippen molar-refractivity contribution in [1.82, 2.24) is 0 Å². The zero-order valence-corrected chi connectivity index (χ0v) is 12.7. The Bertz CT molecular complexity index is 843. The van der Waals surface area contributed by atoms with Crippen LogP contribution < -0.4 is 0 Å². The minimum atomic E-state index is -1.06. The van der Waals surface area contributed by atoms with E-state index in [2.05, 4.69) is 0 Å². The third-order valence-corrected chi connectivity index (χ3v) is 3.63. The van der Waals surface area contributed by atoms with Crippen LogP contribution >= 0.6 is 0 Å². The van der Waals surface area contributed by atoms with Gasteiger partial charge in [-0.25, -0.2) is 4.79 Å². The average molecular weight is 304 g/mol. The summed E-state index contributed by atoms with van der Waals surface area (Å²) in [6.45, 7) is 1.78. The number of furan rings is 1. The van der Waals surface area contributed by atoms with Crippen LogP contribution in [0.4, 0.5) is 0 Å². The standard InChI is InChI=1S/C20H16O3/c1-14-17(13-12-15-8-4-2-5-9-15)18(19(23-14)20(21)22)16-10-6-3-7-11-16/h2-13H,1H3,(H,21,22). The molecule has 0 unspecified atom stereocenters. The second kappa shape index (κ2) is 6.36. The Morgan fingerprint density at radius 3 is 2.17 bits per heavy atom. The first-order valence-electron chi connectivity index (χ1n) is 7.32. The molecule has 0 atom stereocenters. The number of aromatic carboxylic acids is 1. The van der Waals surface area contributed by atoms with Crippen molar-refractivity contribution in [1.29, 1.82) is 0 Å². The number of carboxylic acid groups (broad SMARTS) is 1. The number of hydrogen-bond donors (Lipinski definition) is 1. The normalized spacial score (nSPS) is 11.0. The summed E-state index contributed by atoms with van der Waals surface area (Å²) in [4.78, 5) is 11.5. The predicted molar refractivity (Wildman–Crippen MR) is 91.2 cm³/mol. The Labute approximate surface area is 134 Å². The molecule has 3 aromatic rings. The second-order valence-corrected chi connectivity index (χ2v) is 5.19. The lowest BCUT2D eigenvalue weighted by molar-refractivity contribution is 0.0662. The van der Waals surface area contributed by atoms with Gasteiger partial charge < -0.3 is 9.52 Å². The molecule has 0 spiro atoms. The highest BCUT2D eigenvalue weighted by molar-refractivity contribution is 5.97. The van der Waals surface area contributed by atoms with Gasteiger partial charge in [0.05, 0.1) is 0 Å². The molecule has 0 bridgehead atoms. The Morgan fingerprint density at radius 2 is 1.57 bits per heavy atom. The van der Waals surface area contributed by atoms with Crippen molar-refractivity contribution in [2.24, 2.45) is 0 Å². The molecule has 0 aliphatic carbocycles. The van der Waals surface area contributed by atoms with Crippen LogP contribution in [0.3, 0.4) is 0 Å². The molecule has 0 saturated carbocycles. The first-order valence-corrected chi connectivity index (χ1v) is 7.32. The third-order valence-electron chi connectivity index (χ3n) is 3.63. The molecule has 3 heteroatoms. The molecule has 0 saturated heterocycles. The topological polar surface area (TPSA) is 50.4 Å². The van der Waals surface area contributed by atoms with E-state index in [-0.39, 0.29) is 5.76 Å². The molecule has 1 N–H and O–H groups in total. The van der Waals surface area contributed by atoms with Gasteiger partial charge in [0.15, 0.2) is 0 Å². The van der Waals surface area contributed by atoms with Crippen molar-refractivity contribution in [3.63, 3.8) is 0 Å². The Kier molecular flexibility index (Phi) is 4.11. The highest BCUT2D eigenvalue weighted by Gasteiger charge is 2.22. The Morgan fingerprint density at radius 1 is 0.957 bits per heavy atom. The minimum Gasteiger partial charge on any atom is -0.475 e. The predicted octanol–water partition coefficient (Wildman–Crippen LogP) is 5.12. The summed E-state index contributed by atoms with van der Waals surface area (Å²) >= 11 is 0. The molecular formula is C20H16O3.